The third-order valence-corrected chi connectivity index (χ3v) is 5.73. The van der Waals surface area contributed by atoms with Crippen molar-refractivity contribution >= 4 is 0 Å². The Hall–Kier alpha value is -1.66. The molecule has 2 aliphatic rings. The highest BCUT2D eigenvalue weighted by atomic mass is 16.3. The molecule has 0 amide bonds. The number of aryl methyl sites for hydroxylation is 1. The van der Waals surface area contributed by atoms with Crippen LogP contribution < -0.4 is 0 Å². The summed E-state index contributed by atoms with van der Waals surface area (Å²) >= 11 is 0. The molecule has 2 aliphatic heterocycles. The van der Waals surface area contributed by atoms with Crippen LogP contribution in [-0.4, -0.2) is 78.3 Å². The van der Waals surface area contributed by atoms with E-state index in [1.165, 1.54) is 5.56 Å². The van der Waals surface area contributed by atoms with Crippen LogP contribution >= 0.6 is 0 Å². The van der Waals surface area contributed by atoms with E-state index in [2.05, 4.69) is 46.0 Å². The second kappa shape index (κ2) is 7.53. The average Bonchev–Trinajstić information content (AvgIpc) is 3.22. The van der Waals surface area contributed by atoms with Gasteiger partial charge in [0.1, 0.15) is 11.5 Å². The number of aliphatic hydroxyl groups excluding tert-OH is 1. The maximum Gasteiger partial charge on any atom is 0.134 e. The van der Waals surface area contributed by atoms with Gasteiger partial charge in [-0.05, 0) is 31.7 Å². The molecule has 0 bridgehead atoms. The monoisotopic (exact) mass is 355 g/mol. The minimum absolute atomic E-state index is 0.247. The third kappa shape index (κ3) is 3.86. The number of likely N-dealkylation sites (tertiary alicyclic amines) is 1. The summed E-state index contributed by atoms with van der Waals surface area (Å²) < 4.78 is 5.69. The number of aliphatic hydroxyl groups is 1. The predicted molar refractivity (Wildman–Crippen MR) is 103 cm³/mol. The zero-order valence-electron chi connectivity index (χ0n) is 15.8. The molecule has 0 saturated carbocycles. The fraction of sp³-hybridized carbons (Fsp3) is 0.524. The Bertz CT molecular complexity index is 719. The normalized spacial score (nSPS) is 25.8. The number of β-amino-alcohol motifs (C(OH)–C–C–N with tert-alkyl or cyclic N) is 1. The Morgan fingerprint density at radius 2 is 1.73 bits per heavy atom. The first-order valence-corrected chi connectivity index (χ1v) is 9.57. The molecule has 1 N–H and O–H groups in total. The van der Waals surface area contributed by atoms with Crippen molar-refractivity contribution in [2.24, 2.45) is 0 Å². The Labute approximate surface area is 155 Å². The molecule has 0 unspecified atom stereocenters. The summed E-state index contributed by atoms with van der Waals surface area (Å²) in [6.07, 6.45) is -0.247. The third-order valence-electron chi connectivity index (χ3n) is 5.73. The fourth-order valence-electron chi connectivity index (χ4n) is 4.11. The molecule has 2 aromatic rings. The smallest absolute Gasteiger partial charge is 0.134 e. The van der Waals surface area contributed by atoms with Gasteiger partial charge in [0.05, 0.1) is 6.10 Å². The van der Waals surface area contributed by atoms with E-state index in [-0.39, 0.29) is 12.1 Å². The van der Waals surface area contributed by atoms with Crippen molar-refractivity contribution < 1.29 is 9.52 Å². The minimum atomic E-state index is -0.247. The van der Waals surface area contributed by atoms with Crippen LogP contribution in [0.4, 0.5) is 0 Å². The lowest BCUT2D eigenvalue weighted by molar-refractivity contribution is 0.0512. The molecular formula is C21H29N3O2. The molecule has 0 aliphatic carbocycles. The van der Waals surface area contributed by atoms with Crippen LogP contribution in [0.15, 0.2) is 40.8 Å². The van der Waals surface area contributed by atoms with Gasteiger partial charge in [-0.15, -0.1) is 0 Å². The summed E-state index contributed by atoms with van der Waals surface area (Å²) in [5, 5.41) is 10.5. The Balaban J connectivity index is 1.36. The number of benzene rings is 1. The van der Waals surface area contributed by atoms with Gasteiger partial charge in [-0.25, -0.2) is 0 Å². The van der Waals surface area contributed by atoms with E-state index in [9.17, 15) is 5.11 Å². The van der Waals surface area contributed by atoms with E-state index >= 15 is 0 Å². The topological polar surface area (TPSA) is 43.1 Å². The Morgan fingerprint density at radius 3 is 2.38 bits per heavy atom. The van der Waals surface area contributed by atoms with Gasteiger partial charge in [-0.2, -0.15) is 0 Å². The molecule has 2 atom stereocenters. The van der Waals surface area contributed by atoms with Crippen molar-refractivity contribution in [3.8, 4) is 11.3 Å². The SMILES string of the molecule is Cc1ccc(-c2ccc(CN3C[C@@H](O)[C@H](N4CCN(C)CC4)C3)cc2)o1. The van der Waals surface area contributed by atoms with Gasteiger partial charge in [0.25, 0.3) is 0 Å². The first-order chi connectivity index (χ1) is 12.6. The molecule has 0 radical (unpaired) electrons. The van der Waals surface area contributed by atoms with Crippen molar-refractivity contribution in [1.29, 1.82) is 0 Å². The predicted octanol–water partition coefficient (Wildman–Crippen LogP) is 2.05. The highest BCUT2D eigenvalue weighted by Gasteiger charge is 2.36. The van der Waals surface area contributed by atoms with Crippen LogP contribution in [0.25, 0.3) is 11.3 Å². The Morgan fingerprint density at radius 1 is 1.00 bits per heavy atom. The number of furan rings is 1. The first-order valence-electron chi connectivity index (χ1n) is 9.57. The molecule has 140 valence electrons. The number of piperazine rings is 1. The molecule has 1 aromatic carbocycles. The summed E-state index contributed by atoms with van der Waals surface area (Å²) in [4.78, 5) is 7.20. The van der Waals surface area contributed by atoms with E-state index in [1.807, 2.05) is 19.1 Å². The number of hydrogen-bond donors (Lipinski definition) is 1. The summed E-state index contributed by atoms with van der Waals surface area (Å²) in [6.45, 7) is 8.87. The zero-order chi connectivity index (χ0) is 18.1. The Kier molecular flexibility index (Phi) is 5.14. The highest BCUT2D eigenvalue weighted by molar-refractivity contribution is 5.57. The largest absolute Gasteiger partial charge is 0.461 e. The van der Waals surface area contributed by atoms with Gasteiger partial charge in [0, 0.05) is 57.4 Å². The average molecular weight is 355 g/mol. The van der Waals surface area contributed by atoms with Gasteiger partial charge >= 0.3 is 0 Å². The maximum absolute atomic E-state index is 10.5. The van der Waals surface area contributed by atoms with Gasteiger partial charge in [-0.1, -0.05) is 24.3 Å². The summed E-state index contributed by atoms with van der Waals surface area (Å²) in [6, 6.07) is 12.9. The van der Waals surface area contributed by atoms with E-state index < -0.39 is 0 Å². The lowest BCUT2D eigenvalue weighted by atomic mass is 10.1. The molecule has 2 fully saturated rings. The molecular weight excluding hydrogens is 326 g/mol. The van der Waals surface area contributed by atoms with Gasteiger partial charge < -0.3 is 14.4 Å². The van der Waals surface area contributed by atoms with Crippen molar-refractivity contribution in [2.45, 2.75) is 25.6 Å². The number of rotatable bonds is 4. The molecule has 5 heteroatoms. The highest BCUT2D eigenvalue weighted by Crippen LogP contribution is 2.24. The fourth-order valence-corrected chi connectivity index (χ4v) is 4.11. The summed E-state index contributed by atoms with van der Waals surface area (Å²) in [5.74, 6) is 1.85. The van der Waals surface area contributed by atoms with E-state index in [1.54, 1.807) is 0 Å². The molecule has 4 rings (SSSR count). The second-order valence-corrected chi connectivity index (χ2v) is 7.78. The second-order valence-electron chi connectivity index (χ2n) is 7.78. The number of likely N-dealkylation sites (N-methyl/N-ethyl adjacent to an activating group) is 1. The molecule has 5 nitrogen and oxygen atoms in total. The van der Waals surface area contributed by atoms with Crippen LogP contribution in [0, 0.1) is 6.92 Å². The summed E-state index contributed by atoms with van der Waals surface area (Å²) in [5.41, 5.74) is 2.39. The lowest BCUT2D eigenvalue weighted by Crippen LogP contribution is -2.52. The van der Waals surface area contributed by atoms with Gasteiger partial charge in [0.2, 0.25) is 0 Å². The van der Waals surface area contributed by atoms with Crippen LogP contribution in [-0.2, 0) is 6.54 Å². The maximum atomic E-state index is 10.5. The van der Waals surface area contributed by atoms with Crippen LogP contribution in [0.5, 0.6) is 0 Å². The molecule has 26 heavy (non-hydrogen) atoms. The van der Waals surface area contributed by atoms with Crippen molar-refractivity contribution in [2.75, 3.05) is 46.3 Å². The quantitative estimate of drug-likeness (QED) is 0.909. The van der Waals surface area contributed by atoms with Crippen LogP contribution in [0.2, 0.25) is 0 Å². The first kappa shape index (κ1) is 17.7. The van der Waals surface area contributed by atoms with Crippen LogP contribution in [0.1, 0.15) is 11.3 Å². The lowest BCUT2D eigenvalue weighted by Gasteiger charge is -2.37. The minimum Gasteiger partial charge on any atom is -0.461 e. The molecule has 1 aromatic heterocycles. The van der Waals surface area contributed by atoms with E-state index in [0.29, 0.717) is 0 Å². The van der Waals surface area contributed by atoms with Crippen LogP contribution in [0.3, 0.4) is 0 Å². The van der Waals surface area contributed by atoms with E-state index in [4.69, 9.17) is 4.42 Å². The number of hydrogen-bond acceptors (Lipinski definition) is 5. The van der Waals surface area contributed by atoms with Gasteiger partial charge in [-0.3, -0.25) is 9.80 Å². The summed E-state index contributed by atoms with van der Waals surface area (Å²) in [7, 11) is 2.17. The zero-order valence-corrected chi connectivity index (χ0v) is 15.8. The van der Waals surface area contributed by atoms with Crippen molar-refractivity contribution in [1.82, 2.24) is 14.7 Å². The van der Waals surface area contributed by atoms with Crippen molar-refractivity contribution in [3.63, 3.8) is 0 Å². The standard InChI is InChI=1S/C21H29N3O2/c1-16-3-8-21(26-16)18-6-4-17(5-7-18)13-23-14-19(20(25)15-23)24-11-9-22(2)10-12-24/h3-8,19-20,25H,9-15H2,1-2H3/t19-,20-/m1/s1. The van der Waals surface area contributed by atoms with E-state index in [0.717, 1.165) is 62.9 Å². The van der Waals surface area contributed by atoms with Gasteiger partial charge in [0.15, 0.2) is 0 Å². The van der Waals surface area contributed by atoms with Crippen molar-refractivity contribution in [3.05, 3.63) is 47.7 Å². The molecule has 0 spiro atoms. The number of nitrogens with zero attached hydrogens (tertiary/aromatic N) is 3. The molecule has 2 saturated heterocycles. The molecule has 3 heterocycles.